The third-order valence-electron chi connectivity index (χ3n) is 2.84. The Morgan fingerprint density at radius 3 is 2.62 bits per heavy atom. The number of hydrogen-bond donors (Lipinski definition) is 0. The molecule has 0 fully saturated rings. The van der Waals surface area contributed by atoms with Crippen molar-refractivity contribution >= 4 is 16.8 Å². The van der Waals surface area contributed by atoms with Crippen LogP contribution in [0.5, 0.6) is 0 Å². The van der Waals surface area contributed by atoms with Gasteiger partial charge in [-0.1, -0.05) is 38.1 Å². The van der Waals surface area contributed by atoms with Gasteiger partial charge in [-0.15, -0.1) is 0 Å². The molecule has 16 heavy (non-hydrogen) atoms. The van der Waals surface area contributed by atoms with E-state index < -0.39 is 11.4 Å². The molecule has 88 valence electrons. The summed E-state index contributed by atoms with van der Waals surface area (Å²) in [6.07, 6.45) is -0.544. The van der Waals surface area contributed by atoms with Crippen molar-refractivity contribution in [1.82, 2.24) is 0 Å². The molecule has 0 spiro atoms. The summed E-state index contributed by atoms with van der Waals surface area (Å²) in [5, 5.41) is -0.918. The monoisotopic (exact) mass is 242 g/mol. The molecule has 0 bridgehead atoms. The molecule has 0 aliphatic heterocycles. The second kappa shape index (κ2) is 6.00. The normalized spacial score (nSPS) is 14.5. The predicted octanol–water partition coefficient (Wildman–Crippen LogP) is 3.85. The quantitative estimate of drug-likeness (QED) is 0.717. The van der Waals surface area contributed by atoms with Crippen LogP contribution >= 0.6 is 11.6 Å². The maximum Gasteiger partial charge on any atom is 0.256 e. The van der Waals surface area contributed by atoms with E-state index in [1.165, 1.54) is 0 Å². The number of benzene rings is 1. The van der Waals surface area contributed by atoms with Crippen molar-refractivity contribution in [3.05, 3.63) is 35.4 Å². The highest BCUT2D eigenvalue weighted by Gasteiger charge is 2.18. The zero-order valence-corrected chi connectivity index (χ0v) is 10.3. The molecule has 0 heterocycles. The van der Waals surface area contributed by atoms with E-state index in [0.717, 1.165) is 17.5 Å². The van der Waals surface area contributed by atoms with Crippen LogP contribution in [-0.2, 0) is 11.2 Å². The predicted molar refractivity (Wildman–Crippen MR) is 64.6 cm³/mol. The average molecular weight is 243 g/mol. The van der Waals surface area contributed by atoms with Crippen molar-refractivity contribution < 1.29 is 9.18 Å². The summed E-state index contributed by atoms with van der Waals surface area (Å²) in [5.41, 5.74) is 1.98. The van der Waals surface area contributed by atoms with Gasteiger partial charge < -0.3 is 0 Å². The Bertz CT molecular complexity index is 365. The summed E-state index contributed by atoms with van der Waals surface area (Å²) in [4.78, 5) is 10.7. The van der Waals surface area contributed by atoms with Crippen LogP contribution in [0.1, 0.15) is 37.3 Å². The first-order chi connectivity index (χ1) is 7.56. The van der Waals surface area contributed by atoms with Gasteiger partial charge in [-0.3, -0.25) is 4.79 Å². The van der Waals surface area contributed by atoms with Crippen LogP contribution in [0.3, 0.4) is 0 Å². The SMILES string of the molecule is CCC(C)c1ccccc1CC(F)C(=O)Cl. The third-order valence-corrected chi connectivity index (χ3v) is 3.08. The van der Waals surface area contributed by atoms with Crippen LogP contribution in [0, 0.1) is 0 Å². The molecule has 0 saturated heterocycles. The van der Waals surface area contributed by atoms with Gasteiger partial charge in [-0.25, -0.2) is 4.39 Å². The van der Waals surface area contributed by atoms with Crippen molar-refractivity contribution in [3.63, 3.8) is 0 Å². The van der Waals surface area contributed by atoms with E-state index in [2.05, 4.69) is 13.8 Å². The van der Waals surface area contributed by atoms with Crippen LogP contribution in [0.4, 0.5) is 4.39 Å². The highest BCUT2D eigenvalue weighted by molar-refractivity contribution is 6.64. The molecule has 0 aromatic heterocycles. The van der Waals surface area contributed by atoms with Crippen molar-refractivity contribution in [2.24, 2.45) is 0 Å². The number of hydrogen-bond acceptors (Lipinski definition) is 1. The lowest BCUT2D eigenvalue weighted by atomic mass is 9.91. The standard InChI is InChI=1S/C13H16ClFO/c1-3-9(2)11-7-5-4-6-10(11)8-12(15)13(14)16/h4-7,9,12H,3,8H2,1-2H3. The molecule has 0 radical (unpaired) electrons. The van der Waals surface area contributed by atoms with Crippen LogP contribution in [0.2, 0.25) is 0 Å². The van der Waals surface area contributed by atoms with E-state index in [1.807, 2.05) is 24.3 Å². The lowest BCUT2D eigenvalue weighted by Crippen LogP contribution is -2.14. The summed E-state index contributed by atoms with van der Waals surface area (Å²) in [7, 11) is 0. The second-order valence-electron chi connectivity index (χ2n) is 3.98. The summed E-state index contributed by atoms with van der Waals surface area (Å²) >= 11 is 5.13. The molecular formula is C13H16ClFO. The summed E-state index contributed by atoms with van der Waals surface area (Å²) in [6.45, 7) is 4.18. The van der Waals surface area contributed by atoms with Crippen molar-refractivity contribution in [2.45, 2.75) is 38.8 Å². The number of alkyl halides is 1. The molecule has 0 N–H and O–H groups in total. The third kappa shape index (κ3) is 3.31. The van der Waals surface area contributed by atoms with Gasteiger partial charge in [0.05, 0.1) is 0 Å². The van der Waals surface area contributed by atoms with Gasteiger partial charge in [-0.05, 0) is 35.1 Å². The molecule has 1 rings (SSSR count). The molecule has 1 nitrogen and oxygen atoms in total. The lowest BCUT2D eigenvalue weighted by Gasteiger charge is -2.15. The Kier molecular flexibility index (Phi) is 4.94. The molecule has 2 unspecified atom stereocenters. The highest BCUT2D eigenvalue weighted by Crippen LogP contribution is 2.24. The Labute approximate surface area is 101 Å². The largest absolute Gasteiger partial charge is 0.278 e. The topological polar surface area (TPSA) is 17.1 Å². The van der Waals surface area contributed by atoms with Gasteiger partial charge in [0.1, 0.15) is 0 Å². The Hall–Kier alpha value is -0.890. The van der Waals surface area contributed by atoms with Gasteiger partial charge in [0.2, 0.25) is 0 Å². The first-order valence-electron chi connectivity index (χ1n) is 5.47. The Morgan fingerprint density at radius 1 is 1.44 bits per heavy atom. The average Bonchev–Trinajstić information content (AvgIpc) is 2.28. The van der Waals surface area contributed by atoms with Crippen LogP contribution in [0.25, 0.3) is 0 Å². The van der Waals surface area contributed by atoms with E-state index in [1.54, 1.807) is 0 Å². The van der Waals surface area contributed by atoms with Crippen LogP contribution < -0.4 is 0 Å². The maximum atomic E-state index is 13.3. The highest BCUT2D eigenvalue weighted by atomic mass is 35.5. The summed E-state index contributed by atoms with van der Waals surface area (Å²) in [6, 6.07) is 7.62. The number of rotatable bonds is 5. The van der Waals surface area contributed by atoms with Gasteiger partial charge in [-0.2, -0.15) is 0 Å². The fourth-order valence-corrected chi connectivity index (χ4v) is 1.77. The molecule has 0 saturated carbocycles. The van der Waals surface area contributed by atoms with E-state index in [9.17, 15) is 9.18 Å². The first-order valence-corrected chi connectivity index (χ1v) is 5.85. The summed E-state index contributed by atoms with van der Waals surface area (Å²) in [5.74, 6) is 0.369. The molecular weight excluding hydrogens is 227 g/mol. The number of carbonyl (C=O) groups excluding carboxylic acids is 1. The minimum atomic E-state index is -1.60. The van der Waals surface area contributed by atoms with E-state index in [4.69, 9.17) is 11.6 Å². The Balaban J connectivity index is 2.90. The molecule has 1 aromatic rings. The smallest absolute Gasteiger partial charge is 0.256 e. The first kappa shape index (κ1) is 13.2. The summed E-state index contributed by atoms with van der Waals surface area (Å²) < 4.78 is 13.3. The van der Waals surface area contributed by atoms with Gasteiger partial charge >= 0.3 is 0 Å². The number of carbonyl (C=O) groups is 1. The minimum absolute atomic E-state index is 0.0723. The number of halogens is 2. The molecule has 0 aliphatic rings. The van der Waals surface area contributed by atoms with Gasteiger partial charge in [0.25, 0.3) is 5.24 Å². The van der Waals surface area contributed by atoms with Crippen molar-refractivity contribution in [3.8, 4) is 0 Å². The molecule has 0 aliphatic carbocycles. The molecule has 1 aromatic carbocycles. The minimum Gasteiger partial charge on any atom is -0.278 e. The van der Waals surface area contributed by atoms with Gasteiger partial charge in [0, 0.05) is 6.42 Å². The van der Waals surface area contributed by atoms with E-state index in [0.29, 0.717) is 5.92 Å². The zero-order valence-electron chi connectivity index (χ0n) is 9.54. The fourth-order valence-electron chi connectivity index (χ4n) is 1.69. The van der Waals surface area contributed by atoms with Crippen LogP contribution in [-0.4, -0.2) is 11.4 Å². The van der Waals surface area contributed by atoms with Crippen molar-refractivity contribution in [1.29, 1.82) is 0 Å². The van der Waals surface area contributed by atoms with E-state index in [-0.39, 0.29) is 6.42 Å². The van der Waals surface area contributed by atoms with Crippen molar-refractivity contribution in [2.75, 3.05) is 0 Å². The molecule has 2 atom stereocenters. The second-order valence-corrected chi connectivity index (χ2v) is 4.36. The Morgan fingerprint density at radius 2 is 2.06 bits per heavy atom. The van der Waals surface area contributed by atoms with Crippen LogP contribution in [0.15, 0.2) is 24.3 Å². The van der Waals surface area contributed by atoms with Gasteiger partial charge in [0.15, 0.2) is 6.17 Å². The zero-order chi connectivity index (χ0) is 12.1. The van der Waals surface area contributed by atoms with E-state index >= 15 is 0 Å². The maximum absolute atomic E-state index is 13.3. The lowest BCUT2D eigenvalue weighted by molar-refractivity contribution is -0.115. The fraction of sp³-hybridized carbons (Fsp3) is 0.462. The molecule has 0 amide bonds. The molecule has 3 heteroatoms.